The van der Waals surface area contributed by atoms with Crippen molar-refractivity contribution in [3.8, 4) is 0 Å². The summed E-state index contributed by atoms with van der Waals surface area (Å²) in [6.45, 7) is 4.31. The molecule has 2 amide bonds. The van der Waals surface area contributed by atoms with E-state index in [2.05, 4.69) is 0 Å². The molecule has 0 N–H and O–H groups in total. The molecule has 0 aliphatic rings. The van der Waals surface area contributed by atoms with Crippen LogP contribution in [0.1, 0.15) is 19.4 Å². The van der Waals surface area contributed by atoms with Crippen LogP contribution in [-0.2, 0) is 16.1 Å². The molecule has 0 fully saturated rings. The van der Waals surface area contributed by atoms with Crippen LogP contribution in [0.3, 0.4) is 0 Å². The van der Waals surface area contributed by atoms with Crippen LogP contribution in [0.2, 0.25) is 10.0 Å². The standard InChI is InChI=1S/C19H20Cl2N2O2/c1-3-22(12-15-7-5-4-6-8-15)19(25)13-23(14(2)24)18-10-16(20)9-17(21)11-18/h4-11H,3,12-13H2,1-2H3. The fourth-order valence-corrected chi connectivity index (χ4v) is 3.01. The van der Waals surface area contributed by atoms with Gasteiger partial charge in [-0.2, -0.15) is 0 Å². The van der Waals surface area contributed by atoms with Crippen molar-refractivity contribution < 1.29 is 9.59 Å². The highest BCUT2D eigenvalue weighted by Gasteiger charge is 2.20. The summed E-state index contributed by atoms with van der Waals surface area (Å²) in [5, 5.41) is 0.829. The second-order valence-corrected chi connectivity index (χ2v) is 6.50. The molecule has 0 saturated heterocycles. The van der Waals surface area contributed by atoms with E-state index in [0.717, 1.165) is 5.56 Å². The van der Waals surface area contributed by atoms with Gasteiger partial charge in [-0.3, -0.25) is 9.59 Å². The molecule has 0 unspecified atom stereocenters. The highest BCUT2D eigenvalue weighted by Crippen LogP contribution is 2.25. The summed E-state index contributed by atoms with van der Waals surface area (Å²) in [7, 11) is 0. The smallest absolute Gasteiger partial charge is 0.242 e. The fraction of sp³-hybridized carbons (Fsp3) is 0.263. The summed E-state index contributed by atoms with van der Waals surface area (Å²) < 4.78 is 0. The molecule has 2 rings (SSSR count). The van der Waals surface area contributed by atoms with Crippen molar-refractivity contribution in [2.24, 2.45) is 0 Å². The summed E-state index contributed by atoms with van der Waals surface area (Å²) in [5.41, 5.74) is 1.55. The minimum Gasteiger partial charge on any atom is -0.337 e. The van der Waals surface area contributed by atoms with Crippen LogP contribution in [0.25, 0.3) is 0 Å². The molecular weight excluding hydrogens is 359 g/mol. The van der Waals surface area contributed by atoms with Crippen molar-refractivity contribution >= 4 is 40.7 Å². The van der Waals surface area contributed by atoms with E-state index in [1.54, 1.807) is 23.1 Å². The molecule has 2 aromatic carbocycles. The van der Waals surface area contributed by atoms with Crippen molar-refractivity contribution in [1.82, 2.24) is 4.90 Å². The number of likely N-dealkylation sites (N-methyl/N-ethyl adjacent to an activating group) is 1. The summed E-state index contributed by atoms with van der Waals surface area (Å²) in [6, 6.07) is 14.6. The lowest BCUT2D eigenvalue weighted by atomic mass is 10.2. The first-order valence-corrected chi connectivity index (χ1v) is 8.72. The number of hydrogen-bond acceptors (Lipinski definition) is 2. The first kappa shape index (κ1) is 19.3. The van der Waals surface area contributed by atoms with Crippen LogP contribution in [0.15, 0.2) is 48.5 Å². The summed E-state index contributed by atoms with van der Waals surface area (Å²) in [6.07, 6.45) is 0. The van der Waals surface area contributed by atoms with Crippen molar-refractivity contribution in [3.63, 3.8) is 0 Å². The van der Waals surface area contributed by atoms with Gasteiger partial charge in [0.2, 0.25) is 11.8 Å². The minimum absolute atomic E-state index is 0.0628. The predicted octanol–water partition coefficient (Wildman–Crippen LogP) is 4.40. The number of benzene rings is 2. The molecule has 0 bridgehead atoms. The first-order chi connectivity index (χ1) is 11.9. The van der Waals surface area contributed by atoms with Gasteiger partial charge in [-0.15, -0.1) is 0 Å². The summed E-state index contributed by atoms with van der Waals surface area (Å²) >= 11 is 12.0. The lowest BCUT2D eigenvalue weighted by molar-refractivity contribution is -0.131. The predicted molar refractivity (Wildman–Crippen MR) is 102 cm³/mol. The molecule has 6 heteroatoms. The van der Waals surface area contributed by atoms with Gasteiger partial charge < -0.3 is 9.80 Å². The number of rotatable bonds is 6. The van der Waals surface area contributed by atoms with Gasteiger partial charge >= 0.3 is 0 Å². The van der Waals surface area contributed by atoms with Crippen LogP contribution in [-0.4, -0.2) is 29.8 Å². The van der Waals surface area contributed by atoms with E-state index in [1.807, 2.05) is 37.3 Å². The highest BCUT2D eigenvalue weighted by molar-refractivity contribution is 6.35. The zero-order valence-electron chi connectivity index (χ0n) is 14.2. The zero-order valence-corrected chi connectivity index (χ0v) is 15.7. The number of anilines is 1. The number of halogens is 2. The largest absolute Gasteiger partial charge is 0.337 e. The normalized spacial score (nSPS) is 10.4. The van der Waals surface area contributed by atoms with Gasteiger partial charge in [-0.05, 0) is 30.7 Å². The van der Waals surface area contributed by atoms with E-state index in [4.69, 9.17) is 23.2 Å². The Labute approximate surface area is 157 Å². The van der Waals surface area contributed by atoms with Crippen LogP contribution >= 0.6 is 23.2 Å². The topological polar surface area (TPSA) is 40.6 Å². The maximum Gasteiger partial charge on any atom is 0.242 e. The number of nitrogens with zero attached hydrogens (tertiary/aromatic N) is 2. The van der Waals surface area contributed by atoms with Crippen molar-refractivity contribution in [3.05, 3.63) is 64.1 Å². The highest BCUT2D eigenvalue weighted by atomic mass is 35.5. The lowest BCUT2D eigenvalue weighted by Crippen LogP contribution is -2.42. The monoisotopic (exact) mass is 378 g/mol. The Balaban J connectivity index is 2.17. The Morgan fingerprint density at radius 2 is 1.60 bits per heavy atom. The van der Waals surface area contributed by atoms with Gasteiger partial charge in [0.05, 0.1) is 0 Å². The molecule has 2 aromatic rings. The maximum atomic E-state index is 12.7. The number of carbonyl (C=O) groups is 2. The molecule has 0 radical (unpaired) electrons. The SMILES string of the molecule is CCN(Cc1ccccc1)C(=O)CN(C(C)=O)c1cc(Cl)cc(Cl)c1. The summed E-state index contributed by atoms with van der Waals surface area (Å²) in [5.74, 6) is -0.389. The van der Waals surface area contributed by atoms with E-state index < -0.39 is 0 Å². The second-order valence-electron chi connectivity index (χ2n) is 5.63. The molecule has 25 heavy (non-hydrogen) atoms. The van der Waals surface area contributed by atoms with Gasteiger partial charge in [0.15, 0.2) is 0 Å². The second kappa shape index (κ2) is 8.88. The Kier molecular flexibility index (Phi) is 6.85. The van der Waals surface area contributed by atoms with E-state index in [1.165, 1.54) is 11.8 Å². The zero-order chi connectivity index (χ0) is 18.4. The van der Waals surface area contributed by atoms with Crippen molar-refractivity contribution in [2.45, 2.75) is 20.4 Å². The molecule has 0 spiro atoms. The number of amides is 2. The van der Waals surface area contributed by atoms with Gasteiger partial charge in [0.1, 0.15) is 6.54 Å². The van der Waals surface area contributed by atoms with Crippen molar-refractivity contribution in [2.75, 3.05) is 18.0 Å². The summed E-state index contributed by atoms with van der Waals surface area (Å²) in [4.78, 5) is 27.8. The van der Waals surface area contributed by atoms with E-state index in [-0.39, 0.29) is 18.4 Å². The average Bonchev–Trinajstić information content (AvgIpc) is 2.57. The van der Waals surface area contributed by atoms with Gasteiger partial charge in [0, 0.05) is 35.7 Å². The molecule has 0 atom stereocenters. The third-order valence-corrected chi connectivity index (χ3v) is 4.22. The third-order valence-electron chi connectivity index (χ3n) is 3.78. The van der Waals surface area contributed by atoms with Crippen LogP contribution in [0.5, 0.6) is 0 Å². The Hall–Kier alpha value is -2.04. The quantitative estimate of drug-likeness (QED) is 0.747. The molecule has 0 saturated carbocycles. The Morgan fingerprint density at radius 3 is 2.12 bits per heavy atom. The lowest BCUT2D eigenvalue weighted by Gasteiger charge is -2.26. The van der Waals surface area contributed by atoms with Crippen LogP contribution < -0.4 is 4.90 Å². The average molecular weight is 379 g/mol. The minimum atomic E-state index is -0.248. The van der Waals surface area contributed by atoms with Gasteiger partial charge in [-0.25, -0.2) is 0 Å². The van der Waals surface area contributed by atoms with Crippen LogP contribution in [0.4, 0.5) is 5.69 Å². The van der Waals surface area contributed by atoms with Crippen molar-refractivity contribution in [1.29, 1.82) is 0 Å². The fourth-order valence-electron chi connectivity index (χ4n) is 2.49. The molecule has 0 aliphatic carbocycles. The Bertz CT molecular complexity index is 730. The molecule has 0 aliphatic heterocycles. The molecule has 0 heterocycles. The van der Waals surface area contributed by atoms with Crippen LogP contribution in [0, 0.1) is 0 Å². The molecule has 132 valence electrons. The van der Waals surface area contributed by atoms with Gasteiger partial charge in [0.25, 0.3) is 0 Å². The molecular formula is C19H20Cl2N2O2. The number of carbonyl (C=O) groups excluding carboxylic acids is 2. The van der Waals surface area contributed by atoms with E-state index in [9.17, 15) is 9.59 Å². The first-order valence-electron chi connectivity index (χ1n) is 7.96. The molecule has 4 nitrogen and oxygen atoms in total. The van der Waals surface area contributed by atoms with Gasteiger partial charge in [-0.1, -0.05) is 53.5 Å². The van der Waals surface area contributed by atoms with E-state index in [0.29, 0.717) is 28.8 Å². The maximum absolute atomic E-state index is 12.7. The van der Waals surface area contributed by atoms with E-state index >= 15 is 0 Å². The molecule has 0 aromatic heterocycles. The number of hydrogen-bond donors (Lipinski definition) is 0. The third kappa shape index (κ3) is 5.48. The Morgan fingerprint density at radius 1 is 1.00 bits per heavy atom.